The van der Waals surface area contributed by atoms with E-state index in [9.17, 15) is 4.39 Å². The van der Waals surface area contributed by atoms with Crippen molar-refractivity contribution in [3.63, 3.8) is 0 Å². The molecule has 0 spiro atoms. The van der Waals surface area contributed by atoms with Crippen molar-refractivity contribution in [1.29, 1.82) is 0 Å². The van der Waals surface area contributed by atoms with Crippen molar-refractivity contribution in [2.24, 2.45) is 0 Å². The van der Waals surface area contributed by atoms with Crippen LogP contribution in [-0.2, 0) is 6.42 Å². The Balaban J connectivity index is 2.85. The van der Waals surface area contributed by atoms with Gasteiger partial charge >= 0.3 is 0 Å². The average Bonchev–Trinajstić information content (AvgIpc) is 2.53. The predicted octanol–water partition coefficient (Wildman–Crippen LogP) is 3.19. The third-order valence-electron chi connectivity index (χ3n) is 2.19. The summed E-state index contributed by atoms with van der Waals surface area (Å²) in [5, 5.41) is 2.83. The fourth-order valence-electron chi connectivity index (χ4n) is 1.50. The number of nitrogens with two attached hydrogens (primary N) is 1. The Kier molecular flexibility index (Phi) is 1.96. The van der Waals surface area contributed by atoms with Crippen LogP contribution in [0.4, 0.5) is 10.1 Å². The molecule has 0 aliphatic heterocycles. The summed E-state index contributed by atoms with van der Waals surface area (Å²) in [5.74, 6) is -0.189. The molecule has 0 bridgehead atoms. The molecule has 1 aromatic carbocycles. The van der Waals surface area contributed by atoms with Gasteiger partial charge in [-0.05, 0) is 29.3 Å². The van der Waals surface area contributed by atoms with Crippen molar-refractivity contribution in [1.82, 2.24) is 0 Å². The number of benzene rings is 1. The lowest BCUT2D eigenvalue weighted by Gasteiger charge is -2.05. The van der Waals surface area contributed by atoms with Crippen LogP contribution in [0.25, 0.3) is 10.1 Å². The van der Waals surface area contributed by atoms with Gasteiger partial charge in [0.2, 0.25) is 0 Å². The largest absolute Gasteiger partial charge is 0.397 e. The fourth-order valence-corrected chi connectivity index (χ4v) is 2.36. The standard InChI is InChI=1S/C10H10FNS/c1-2-7-8(11)5-6-3-4-13-10(6)9(7)12/h3-5H,2,12H2,1H3. The van der Waals surface area contributed by atoms with Crippen LogP contribution < -0.4 is 5.73 Å². The van der Waals surface area contributed by atoms with Crippen LogP contribution in [-0.4, -0.2) is 0 Å². The van der Waals surface area contributed by atoms with Crippen LogP contribution in [0, 0.1) is 5.82 Å². The summed E-state index contributed by atoms with van der Waals surface area (Å²) in [7, 11) is 0. The molecule has 0 saturated heterocycles. The Morgan fingerprint density at radius 2 is 2.31 bits per heavy atom. The molecular weight excluding hydrogens is 185 g/mol. The van der Waals surface area contributed by atoms with Gasteiger partial charge in [0.05, 0.1) is 10.4 Å². The third kappa shape index (κ3) is 1.20. The van der Waals surface area contributed by atoms with E-state index in [4.69, 9.17) is 5.73 Å². The zero-order valence-corrected chi connectivity index (χ0v) is 8.12. The SMILES string of the molecule is CCc1c(F)cc2ccsc2c1N. The second kappa shape index (κ2) is 3.00. The Hall–Kier alpha value is -1.09. The first-order valence-electron chi connectivity index (χ1n) is 4.18. The number of rotatable bonds is 1. The second-order valence-corrected chi connectivity index (χ2v) is 3.86. The fraction of sp³-hybridized carbons (Fsp3) is 0.200. The molecule has 0 atom stereocenters. The molecule has 2 N–H and O–H groups in total. The molecule has 2 rings (SSSR count). The highest BCUT2D eigenvalue weighted by atomic mass is 32.1. The number of thiophene rings is 1. The second-order valence-electron chi connectivity index (χ2n) is 2.94. The van der Waals surface area contributed by atoms with Crippen LogP contribution in [0.3, 0.4) is 0 Å². The van der Waals surface area contributed by atoms with Gasteiger partial charge in [-0.25, -0.2) is 4.39 Å². The van der Waals surface area contributed by atoms with Crippen LogP contribution in [0.15, 0.2) is 17.5 Å². The van der Waals surface area contributed by atoms with Crippen molar-refractivity contribution in [2.45, 2.75) is 13.3 Å². The highest BCUT2D eigenvalue weighted by molar-refractivity contribution is 7.17. The molecule has 0 unspecified atom stereocenters. The molecule has 0 radical (unpaired) electrons. The summed E-state index contributed by atoms with van der Waals surface area (Å²) >= 11 is 1.56. The lowest BCUT2D eigenvalue weighted by molar-refractivity contribution is 0.615. The summed E-state index contributed by atoms with van der Waals surface area (Å²) in [4.78, 5) is 0. The molecule has 3 heteroatoms. The molecule has 1 nitrogen and oxygen atoms in total. The molecule has 2 aromatic rings. The molecule has 0 fully saturated rings. The van der Waals surface area contributed by atoms with E-state index in [1.54, 1.807) is 17.4 Å². The maximum absolute atomic E-state index is 13.4. The van der Waals surface area contributed by atoms with Crippen molar-refractivity contribution >= 4 is 27.1 Å². The minimum atomic E-state index is -0.189. The summed E-state index contributed by atoms with van der Waals surface area (Å²) in [6.07, 6.45) is 0.644. The quantitative estimate of drug-likeness (QED) is 0.695. The van der Waals surface area contributed by atoms with Gasteiger partial charge in [0, 0.05) is 5.56 Å². The lowest BCUT2D eigenvalue weighted by atomic mass is 10.1. The van der Waals surface area contributed by atoms with E-state index >= 15 is 0 Å². The van der Waals surface area contributed by atoms with Gasteiger partial charge in [-0.15, -0.1) is 11.3 Å². The monoisotopic (exact) mass is 195 g/mol. The maximum Gasteiger partial charge on any atom is 0.129 e. The number of hydrogen-bond acceptors (Lipinski definition) is 2. The Morgan fingerprint density at radius 3 is 3.00 bits per heavy atom. The molecule has 0 saturated carbocycles. The lowest BCUT2D eigenvalue weighted by Crippen LogP contribution is -1.96. The Bertz CT molecular complexity index is 447. The Morgan fingerprint density at radius 1 is 1.54 bits per heavy atom. The van der Waals surface area contributed by atoms with Gasteiger partial charge in [0.15, 0.2) is 0 Å². The normalized spacial score (nSPS) is 10.9. The third-order valence-corrected chi connectivity index (χ3v) is 3.15. The van der Waals surface area contributed by atoms with E-state index in [-0.39, 0.29) is 5.82 Å². The van der Waals surface area contributed by atoms with Gasteiger partial charge in [-0.1, -0.05) is 6.92 Å². The van der Waals surface area contributed by atoms with Gasteiger partial charge in [-0.3, -0.25) is 0 Å². The number of hydrogen-bond donors (Lipinski definition) is 1. The summed E-state index contributed by atoms with van der Waals surface area (Å²) < 4.78 is 14.4. The molecule has 0 amide bonds. The summed E-state index contributed by atoms with van der Waals surface area (Å²) in [6.45, 7) is 1.91. The number of anilines is 1. The van der Waals surface area contributed by atoms with Crippen LogP contribution in [0.1, 0.15) is 12.5 Å². The molecule has 13 heavy (non-hydrogen) atoms. The van der Waals surface area contributed by atoms with Crippen LogP contribution in [0.2, 0.25) is 0 Å². The van der Waals surface area contributed by atoms with Gasteiger partial charge in [0.25, 0.3) is 0 Å². The van der Waals surface area contributed by atoms with Crippen molar-refractivity contribution in [3.8, 4) is 0 Å². The molecule has 1 heterocycles. The maximum atomic E-state index is 13.4. The molecule has 0 aliphatic rings. The smallest absolute Gasteiger partial charge is 0.129 e. The van der Waals surface area contributed by atoms with Gasteiger partial charge in [0.1, 0.15) is 5.82 Å². The zero-order valence-electron chi connectivity index (χ0n) is 7.30. The van der Waals surface area contributed by atoms with Crippen molar-refractivity contribution in [3.05, 3.63) is 28.9 Å². The molecular formula is C10H10FNS. The molecule has 68 valence electrons. The Labute approximate surface area is 80.0 Å². The van der Waals surface area contributed by atoms with Crippen LogP contribution in [0.5, 0.6) is 0 Å². The summed E-state index contributed by atoms with van der Waals surface area (Å²) in [5.41, 5.74) is 7.08. The first kappa shape index (κ1) is 8.51. The molecule has 1 aromatic heterocycles. The average molecular weight is 195 g/mol. The minimum Gasteiger partial charge on any atom is -0.397 e. The van der Waals surface area contributed by atoms with Gasteiger partial charge < -0.3 is 5.73 Å². The van der Waals surface area contributed by atoms with E-state index in [0.29, 0.717) is 17.7 Å². The first-order chi connectivity index (χ1) is 6.24. The van der Waals surface area contributed by atoms with Crippen molar-refractivity contribution in [2.75, 3.05) is 5.73 Å². The number of nitrogen functional groups attached to an aromatic ring is 1. The van der Waals surface area contributed by atoms with Crippen LogP contribution >= 0.6 is 11.3 Å². The van der Waals surface area contributed by atoms with E-state index in [0.717, 1.165) is 10.1 Å². The van der Waals surface area contributed by atoms with E-state index in [1.165, 1.54) is 0 Å². The van der Waals surface area contributed by atoms with E-state index in [1.807, 2.05) is 18.4 Å². The van der Waals surface area contributed by atoms with Gasteiger partial charge in [-0.2, -0.15) is 0 Å². The predicted molar refractivity (Wildman–Crippen MR) is 55.6 cm³/mol. The minimum absolute atomic E-state index is 0.189. The topological polar surface area (TPSA) is 26.0 Å². The van der Waals surface area contributed by atoms with E-state index in [2.05, 4.69) is 0 Å². The van der Waals surface area contributed by atoms with Crippen molar-refractivity contribution < 1.29 is 4.39 Å². The zero-order chi connectivity index (χ0) is 9.42. The number of fused-ring (bicyclic) bond motifs is 1. The van der Waals surface area contributed by atoms with E-state index < -0.39 is 0 Å². The molecule has 0 aliphatic carbocycles. The summed E-state index contributed by atoms with van der Waals surface area (Å²) in [6, 6.07) is 3.44. The number of halogens is 1. The highest BCUT2D eigenvalue weighted by Crippen LogP contribution is 2.31. The highest BCUT2D eigenvalue weighted by Gasteiger charge is 2.09. The first-order valence-corrected chi connectivity index (χ1v) is 5.06.